The summed E-state index contributed by atoms with van der Waals surface area (Å²) in [5, 5.41) is 10.7. The second kappa shape index (κ2) is 5.84. The molecule has 0 aromatic heterocycles. The number of benzene rings is 1. The lowest BCUT2D eigenvalue weighted by molar-refractivity contribution is -0.919. The number of nitrogens with zero attached hydrogens (tertiary/aromatic N) is 2. The summed E-state index contributed by atoms with van der Waals surface area (Å²) in [5.41, 5.74) is 0.362. The first-order valence-corrected chi connectivity index (χ1v) is 7.54. The van der Waals surface area contributed by atoms with Crippen molar-refractivity contribution < 1.29 is 19.4 Å². The molecule has 0 radical (unpaired) electrons. The summed E-state index contributed by atoms with van der Waals surface area (Å²) < 4.78 is 0. The number of nitrogens with one attached hydrogen (secondary N) is 1. The van der Waals surface area contributed by atoms with E-state index in [0.717, 1.165) is 25.9 Å². The summed E-state index contributed by atoms with van der Waals surface area (Å²) in [5.74, 6) is -0.405. The zero-order chi connectivity index (χ0) is 15.7. The van der Waals surface area contributed by atoms with Crippen LogP contribution in [0.5, 0.6) is 0 Å². The van der Waals surface area contributed by atoms with Gasteiger partial charge in [0.25, 0.3) is 11.6 Å². The van der Waals surface area contributed by atoms with E-state index in [1.807, 2.05) is 0 Å². The van der Waals surface area contributed by atoms with Gasteiger partial charge in [-0.1, -0.05) is 0 Å². The molecule has 2 saturated heterocycles. The number of quaternary nitrogens is 1. The predicted molar refractivity (Wildman–Crippen MR) is 78.5 cm³/mol. The molecule has 0 unspecified atom stereocenters. The number of carbonyl (C=O) groups excluding carboxylic acids is 2. The average Bonchev–Trinajstić information content (AvgIpc) is 2.83. The molecule has 2 fully saturated rings. The predicted octanol–water partition coefficient (Wildman–Crippen LogP) is 0.296. The zero-order valence-electron chi connectivity index (χ0n) is 12.2. The molecule has 2 aliphatic heterocycles. The van der Waals surface area contributed by atoms with E-state index in [1.165, 1.54) is 40.5 Å². The van der Waals surface area contributed by atoms with E-state index in [4.69, 9.17) is 0 Å². The quantitative estimate of drug-likeness (QED) is 0.494. The largest absolute Gasteiger partial charge is 0.324 e. The van der Waals surface area contributed by atoms with E-state index in [0.29, 0.717) is 5.69 Å². The molecule has 2 heterocycles. The molecule has 7 heteroatoms. The SMILES string of the molecule is O=C1C[C@@H]([NH+]2CCCCC2)C(=O)N1c1ccc([N+](=O)[O-])cc1. The fourth-order valence-corrected chi connectivity index (χ4v) is 3.30. The van der Waals surface area contributed by atoms with Gasteiger partial charge in [0.05, 0.1) is 30.1 Å². The highest BCUT2D eigenvalue weighted by molar-refractivity contribution is 6.21. The Labute approximate surface area is 127 Å². The molecule has 22 heavy (non-hydrogen) atoms. The number of carbonyl (C=O) groups is 2. The van der Waals surface area contributed by atoms with Crippen molar-refractivity contribution in [1.82, 2.24) is 0 Å². The van der Waals surface area contributed by atoms with Gasteiger partial charge in [0.1, 0.15) is 0 Å². The van der Waals surface area contributed by atoms with Crippen LogP contribution in [0.15, 0.2) is 24.3 Å². The van der Waals surface area contributed by atoms with E-state index >= 15 is 0 Å². The van der Waals surface area contributed by atoms with Crippen molar-refractivity contribution in [3.8, 4) is 0 Å². The summed E-state index contributed by atoms with van der Waals surface area (Å²) in [7, 11) is 0. The molecular weight excluding hydrogens is 286 g/mol. The number of hydrogen-bond acceptors (Lipinski definition) is 4. The minimum absolute atomic E-state index is 0.0546. The van der Waals surface area contributed by atoms with Gasteiger partial charge in [-0.2, -0.15) is 0 Å². The van der Waals surface area contributed by atoms with Crippen LogP contribution in [0.1, 0.15) is 25.7 Å². The molecule has 1 aromatic carbocycles. The maximum Gasteiger partial charge on any atom is 0.292 e. The molecule has 7 nitrogen and oxygen atoms in total. The van der Waals surface area contributed by atoms with Crippen LogP contribution in [0.25, 0.3) is 0 Å². The number of rotatable bonds is 3. The van der Waals surface area contributed by atoms with E-state index in [-0.39, 0.29) is 30.0 Å². The third kappa shape index (κ3) is 2.59. The van der Waals surface area contributed by atoms with Crippen molar-refractivity contribution in [3.05, 3.63) is 34.4 Å². The van der Waals surface area contributed by atoms with Gasteiger partial charge in [-0.15, -0.1) is 0 Å². The van der Waals surface area contributed by atoms with Crippen molar-refractivity contribution in [1.29, 1.82) is 0 Å². The minimum Gasteiger partial charge on any atom is -0.324 e. The lowest BCUT2D eigenvalue weighted by atomic mass is 10.1. The van der Waals surface area contributed by atoms with Crippen LogP contribution in [-0.4, -0.2) is 35.9 Å². The summed E-state index contributed by atoms with van der Waals surface area (Å²) in [6.07, 6.45) is 3.59. The Bertz CT molecular complexity index is 608. The van der Waals surface area contributed by atoms with Gasteiger partial charge >= 0.3 is 0 Å². The topological polar surface area (TPSA) is 85.0 Å². The Morgan fingerprint density at radius 3 is 2.32 bits per heavy atom. The summed E-state index contributed by atoms with van der Waals surface area (Å²) >= 11 is 0. The molecule has 0 bridgehead atoms. The normalized spacial score (nSPS) is 23.1. The lowest BCUT2D eigenvalue weighted by Crippen LogP contribution is -3.17. The number of likely N-dealkylation sites (tertiary alicyclic amines) is 1. The fourth-order valence-electron chi connectivity index (χ4n) is 3.30. The van der Waals surface area contributed by atoms with Crippen molar-refractivity contribution in [3.63, 3.8) is 0 Å². The van der Waals surface area contributed by atoms with Crippen LogP contribution < -0.4 is 9.80 Å². The number of amides is 2. The Balaban J connectivity index is 1.80. The number of anilines is 1. The van der Waals surface area contributed by atoms with Gasteiger partial charge in [-0.25, -0.2) is 4.90 Å². The van der Waals surface area contributed by atoms with E-state index < -0.39 is 4.92 Å². The van der Waals surface area contributed by atoms with Crippen molar-refractivity contribution in [2.24, 2.45) is 0 Å². The van der Waals surface area contributed by atoms with Crippen LogP contribution >= 0.6 is 0 Å². The summed E-state index contributed by atoms with van der Waals surface area (Å²) in [4.78, 5) is 37.3. The van der Waals surface area contributed by atoms with Gasteiger partial charge in [-0.05, 0) is 31.4 Å². The molecule has 0 saturated carbocycles. The van der Waals surface area contributed by atoms with E-state index in [2.05, 4.69) is 0 Å². The highest BCUT2D eigenvalue weighted by Gasteiger charge is 2.45. The second-order valence-corrected chi connectivity index (χ2v) is 5.82. The molecule has 0 aliphatic carbocycles. The van der Waals surface area contributed by atoms with Crippen LogP contribution in [-0.2, 0) is 9.59 Å². The van der Waals surface area contributed by atoms with Gasteiger partial charge in [0.15, 0.2) is 6.04 Å². The first-order valence-electron chi connectivity index (χ1n) is 7.54. The molecule has 2 aliphatic rings. The third-order valence-electron chi connectivity index (χ3n) is 4.45. The number of nitro groups is 1. The molecule has 1 aromatic rings. The molecule has 0 spiro atoms. The van der Waals surface area contributed by atoms with Gasteiger partial charge < -0.3 is 4.90 Å². The Morgan fingerprint density at radius 2 is 1.73 bits per heavy atom. The molecule has 1 N–H and O–H groups in total. The highest BCUT2D eigenvalue weighted by Crippen LogP contribution is 2.24. The second-order valence-electron chi connectivity index (χ2n) is 5.82. The van der Waals surface area contributed by atoms with Gasteiger partial charge in [-0.3, -0.25) is 19.7 Å². The van der Waals surface area contributed by atoms with Crippen LogP contribution in [0, 0.1) is 10.1 Å². The Morgan fingerprint density at radius 1 is 1.09 bits per heavy atom. The van der Waals surface area contributed by atoms with E-state index in [1.54, 1.807) is 0 Å². The Kier molecular flexibility index (Phi) is 3.89. The molecule has 2 amide bonds. The molecule has 116 valence electrons. The first kappa shape index (κ1) is 14.6. The monoisotopic (exact) mass is 304 g/mol. The first-order chi connectivity index (χ1) is 10.6. The van der Waals surface area contributed by atoms with E-state index in [9.17, 15) is 19.7 Å². The minimum atomic E-state index is -0.502. The fraction of sp³-hybridized carbons (Fsp3) is 0.467. The zero-order valence-corrected chi connectivity index (χ0v) is 12.2. The van der Waals surface area contributed by atoms with Crippen LogP contribution in [0.2, 0.25) is 0 Å². The maximum absolute atomic E-state index is 12.6. The molecule has 3 rings (SSSR count). The van der Waals surface area contributed by atoms with Crippen LogP contribution in [0.4, 0.5) is 11.4 Å². The van der Waals surface area contributed by atoms with Gasteiger partial charge in [0, 0.05) is 12.1 Å². The standard InChI is InChI=1S/C15H17N3O4/c19-14-10-13(16-8-2-1-3-9-16)15(20)17(14)11-4-6-12(7-5-11)18(21)22/h4-7,13H,1-3,8-10H2/p+1/t13-/m1/s1. The number of piperidine rings is 1. The van der Waals surface area contributed by atoms with Crippen molar-refractivity contribution in [2.45, 2.75) is 31.7 Å². The smallest absolute Gasteiger partial charge is 0.292 e. The molecule has 1 atom stereocenters. The lowest BCUT2D eigenvalue weighted by Gasteiger charge is -2.27. The maximum atomic E-state index is 12.6. The van der Waals surface area contributed by atoms with Crippen molar-refractivity contribution >= 4 is 23.2 Å². The highest BCUT2D eigenvalue weighted by atomic mass is 16.6. The van der Waals surface area contributed by atoms with Gasteiger partial charge in [0.2, 0.25) is 5.91 Å². The number of non-ortho nitro benzene ring substituents is 1. The average molecular weight is 304 g/mol. The molecular formula is C15H18N3O4+. The van der Waals surface area contributed by atoms with Crippen LogP contribution in [0.3, 0.4) is 0 Å². The number of imide groups is 1. The number of hydrogen-bond donors (Lipinski definition) is 1. The number of nitro benzene ring substituents is 1. The Hall–Kier alpha value is -2.28. The summed E-state index contributed by atoms with van der Waals surface area (Å²) in [6, 6.07) is 5.25. The van der Waals surface area contributed by atoms with Crippen molar-refractivity contribution in [2.75, 3.05) is 18.0 Å². The summed E-state index contributed by atoms with van der Waals surface area (Å²) in [6.45, 7) is 1.86. The third-order valence-corrected chi connectivity index (χ3v) is 4.45.